The predicted octanol–water partition coefficient (Wildman–Crippen LogP) is 0.421. The van der Waals surface area contributed by atoms with Crippen LogP contribution in [-0.2, 0) is 28.0 Å². The molecule has 7 heteroatoms. The fourth-order valence-electron chi connectivity index (χ4n) is 4.06. The maximum absolute atomic E-state index is 12.8. The van der Waals surface area contributed by atoms with Crippen molar-refractivity contribution in [3.05, 3.63) is 18.0 Å². The average molecular weight is 320 g/mol. The molecule has 0 spiro atoms. The minimum Gasteiger partial charge on any atom is -0.377 e. The summed E-state index contributed by atoms with van der Waals surface area (Å²) >= 11 is 0. The van der Waals surface area contributed by atoms with Gasteiger partial charge in [0.05, 0.1) is 31.4 Å². The fraction of sp³-hybridized carbons (Fsp3) is 0.750. The molecule has 0 radical (unpaired) electrons. The van der Waals surface area contributed by atoms with Crippen molar-refractivity contribution < 1.29 is 14.4 Å². The Kier molecular flexibility index (Phi) is 4.09. The fourth-order valence-corrected chi connectivity index (χ4v) is 4.06. The molecule has 4 rings (SSSR count). The third-order valence-electron chi connectivity index (χ3n) is 5.15. The van der Waals surface area contributed by atoms with E-state index in [2.05, 4.69) is 10.00 Å². The lowest BCUT2D eigenvalue weighted by Crippen LogP contribution is -2.52. The third-order valence-corrected chi connectivity index (χ3v) is 5.15. The number of amides is 1. The highest BCUT2D eigenvalue weighted by Gasteiger charge is 2.45. The molecule has 0 N–H and O–H groups in total. The molecule has 7 nitrogen and oxygen atoms in total. The lowest BCUT2D eigenvalue weighted by molar-refractivity contribution is -0.179. The predicted molar refractivity (Wildman–Crippen MR) is 82.1 cm³/mol. The molecular formula is C16H24N4O3. The maximum Gasteiger partial charge on any atom is 0.250 e. The van der Waals surface area contributed by atoms with Gasteiger partial charge in [-0.3, -0.25) is 19.2 Å². The number of rotatable bonds is 3. The number of piperidine rings is 1. The van der Waals surface area contributed by atoms with E-state index >= 15 is 0 Å². The molecule has 126 valence electrons. The minimum absolute atomic E-state index is 0.0222. The first-order valence-electron chi connectivity index (χ1n) is 8.46. The molecule has 4 heterocycles. The Balaban J connectivity index is 1.48. The van der Waals surface area contributed by atoms with E-state index < -0.39 is 0 Å². The number of hydrogen-bond acceptors (Lipinski definition) is 5. The van der Waals surface area contributed by atoms with Crippen molar-refractivity contribution in [3.63, 3.8) is 0 Å². The maximum atomic E-state index is 12.8. The minimum atomic E-state index is -0.0222. The van der Waals surface area contributed by atoms with Crippen LogP contribution in [0.25, 0.3) is 0 Å². The van der Waals surface area contributed by atoms with Crippen LogP contribution >= 0.6 is 0 Å². The van der Waals surface area contributed by atoms with Crippen LogP contribution in [0, 0.1) is 11.8 Å². The number of fused-ring (bicyclic) bond motifs is 1. The van der Waals surface area contributed by atoms with Crippen molar-refractivity contribution in [2.75, 3.05) is 32.8 Å². The normalized spacial score (nSPS) is 31.5. The van der Waals surface area contributed by atoms with Gasteiger partial charge in [0.2, 0.25) is 0 Å². The summed E-state index contributed by atoms with van der Waals surface area (Å²) in [5, 5.41) is 5.81. The summed E-state index contributed by atoms with van der Waals surface area (Å²) in [4.78, 5) is 20.7. The zero-order valence-electron chi connectivity index (χ0n) is 13.6. The first kappa shape index (κ1) is 15.1. The van der Waals surface area contributed by atoms with Crippen LogP contribution in [0.4, 0.5) is 0 Å². The zero-order chi connectivity index (χ0) is 15.8. The van der Waals surface area contributed by atoms with Crippen molar-refractivity contribution in [1.29, 1.82) is 0 Å². The van der Waals surface area contributed by atoms with Crippen molar-refractivity contribution in [2.24, 2.45) is 18.9 Å². The standard InChI is InChI=1S/C16H24N4O3/c1-18-8-12(7-17-18)9-19-10-14(13-3-6-22-15(13)11-19)16(21)20-4-2-5-23-20/h7-8,13-15H,2-6,9-11H2,1H3/t13-,14-,15+/m0/s1. The van der Waals surface area contributed by atoms with Crippen LogP contribution in [0.2, 0.25) is 0 Å². The van der Waals surface area contributed by atoms with Gasteiger partial charge in [-0.15, -0.1) is 0 Å². The number of hydroxylamine groups is 2. The number of carbonyl (C=O) groups is 1. The van der Waals surface area contributed by atoms with E-state index in [0.29, 0.717) is 12.5 Å². The summed E-state index contributed by atoms with van der Waals surface area (Å²) in [6, 6.07) is 0. The summed E-state index contributed by atoms with van der Waals surface area (Å²) in [5.41, 5.74) is 1.17. The molecule has 3 aliphatic heterocycles. The van der Waals surface area contributed by atoms with E-state index in [9.17, 15) is 4.79 Å². The van der Waals surface area contributed by atoms with Crippen molar-refractivity contribution in [1.82, 2.24) is 19.7 Å². The summed E-state index contributed by atoms with van der Waals surface area (Å²) in [5.74, 6) is 0.446. The highest BCUT2D eigenvalue weighted by molar-refractivity contribution is 5.79. The molecule has 3 saturated heterocycles. The molecular weight excluding hydrogens is 296 g/mol. The van der Waals surface area contributed by atoms with Crippen molar-refractivity contribution in [2.45, 2.75) is 25.5 Å². The Bertz CT molecular complexity index is 569. The van der Waals surface area contributed by atoms with Gasteiger partial charge < -0.3 is 4.74 Å². The van der Waals surface area contributed by atoms with Gasteiger partial charge in [0.25, 0.3) is 5.91 Å². The van der Waals surface area contributed by atoms with E-state index in [4.69, 9.17) is 9.57 Å². The highest BCUT2D eigenvalue weighted by Crippen LogP contribution is 2.35. The quantitative estimate of drug-likeness (QED) is 0.808. The number of carbonyl (C=O) groups excluding carboxylic acids is 1. The van der Waals surface area contributed by atoms with E-state index in [1.54, 1.807) is 5.06 Å². The first-order valence-corrected chi connectivity index (χ1v) is 8.46. The van der Waals surface area contributed by atoms with Crippen LogP contribution in [-0.4, -0.2) is 64.6 Å². The van der Waals surface area contributed by atoms with Gasteiger partial charge in [0, 0.05) is 51.0 Å². The van der Waals surface area contributed by atoms with Crippen molar-refractivity contribution >= 4 is 5.91 Å². The molecule has 0 aliphatic carbocycles. The Morgan fingerprint density at radius 1 is 1.39 bits per heavy atom. The number of aryl methyl sites for hydroxylation is 1. The van der Waals surface area contributed by atoms with Gasteiger partial charge in [-0.1, -0.05) is 0 Å². The topological polar surface area (TPSA) is 59.8 Å². The second-order valence-electron chi connectivity index (χ2n) is 6.81. The number of aromatic nitrogens is 2. The van der Waals surface area contributed by atoms with E-state index in [1.165, 1.54) is 5.56 Å². The number of ether oxygens (including phenoxy) is 1. The highest BCUT2D eigenvalue weighted by atomic mass is 16.7. The number of likely N-dealkylation sites (tertiary alicyclic amines) is 1. The van der Waals surface area contributed by atoms with Gasteiger partial charge in [-0.05, 0) is 12.8 Å². The molecule has 0 saturated carbocycles. The van der Waals surface area contributed by atoms with Gasteiger partial charge in [0.1, 0.15) is 0 Å². The molecule has 3 atom stereocenters. The smallest absolute Gasteiger partial charge is 0.250 e. The van der Waals surface area contributed by atoms with Crippen LogP contribution < -0.4 is 0 Å². The van der Waals surface area contributed by atoms with Crippen LogP contribution in [0.3, 0.4) is 0 Å². The summed E-state index contributed by atoms with van der Waals surface area (Å²) in [6.45, 7) is 4.62. The molecule has 0 bridgehead atoms. The van der Waals surface area contributed by atoms with Crippen LogP contribution in [0.5, 0.6) is 0 Å². The van der Waals surface area contributed by atoms with Crippen LogP contribution in [0.1, 0.15) is 18.4 Å². The zero-order valence-corrected chi connectivity index (χ0v) is 13.6. The Hall–Kier alpha value is -1.44. The molecule has 1 aromatic heterocycles. The lowest BCUT2D eigenvalue weighted by Gasteiger charge is -2.40. The third kappa shape index (κ3) is 3.00. The first-order chi connectivity index (χ1) is 11.2. The summed E-state index contributed by atoms with van der Waals surface area (Å²) in [7, 11) is 1.92. The second-order valence-corrected chi connectivity index (χ2v) is 6.81. The molecule has 3 aliphatic rings. The summed E-state index contributed by atoms with van der Waals surface area (Å²) < 4.78 is 7.71. The summed E-state index contributed by atoms with van der Waals surface area (Å²) in [6.07, 6.45) is 6.00. The van der Waals surface area contributed by atoms with E-state index in [1.807, 2.05) is 24.1 Å². The van der Waals surface area contributed by atoms with E-state index in [0.717, 1.165) is 45.6 Å². The van der Waals surface area contributed by atoms with Gasteiger partial charge in [-0.25, -0.2) is 5.06 Å². The van der Waals surface area contributed by atoms with E-state index in [-0.39, 0.29) is 17.9 Å². The molecule has 3 fully saturated rings. The Labute approximate surface area is 136 Å². The van der Waals surface area contributed by atoms with Crippen LogP contribution in [0.15, 0.2) is 12.4 Å². The monoisotopic (exact) mass is 320 g/mol. The molecule has 0 aromatic carbocycles. The molecule has 0 unspecified atom stereocenters. The lowest BCUT2D eigenvalue weighted by atomic mass is 9.82. The largest absolute Gasteiger partial charge is 0.377 e. The number of nitrogens with zero attached hydrogens (tertiary/aromatic N) is 4. The number of hydrogen-bond donors (Lipinski definition) is 0. The molecule has 1 aromatic rings. The Morgan fingerprint density at radius 2 is 2.30 bits per heavy atom. The average Bonchev–Trinajstić information content (AvgIpc) is 3.26. The van der Waals surface area contributed by atoms with Gasteiger partial charge >= 0.3 is 0 Å². The molecule has 1 amide bonds. The SMILES string of the molecule is Cn1cc(CN2C[C@H](C(=O)N3CCCO3)[C@@H]3CCO[C@@H]3C2)cn1. The van der Waals surface area contributed by atoms with Crippen molar-refractivity contribution in [3.8, 4) is 0 Å². The molecule has 23 heavy (non-hydrogen) atoms. The Morgan fingerprint density at radius 3 is 3.04 bits per heavy atom. The second kappa shape index (κ2) is 6.22. The van der Waals surface area contributed by atoms with Gasteiger partial charge in [0.15, 0.2) is 0 Å². The van der Waals surface area contributed by atoms with Gasteiger partial charge in [-0.2, -0.15) is 5.10 Å².